The maximum absolute atomic E-state index is 13.4. The van der Waals surface area contributed by atoms with Gasteiger partial charge in [0.25, 0.3) is 5.91 Å². The lowest BCUT2D eigenvalue weighted by atomic mass is 10.1. The Bertz CT molecular complexity index is 1190. The number of carbonyl (C=O) groups is 3. The Morgan fingerprint density at radius 1 is 1.10 bits per heavy atom. The number of anilines is 1. The van der Waals surface area contributed by atoms with Crippen molar-refractivity contribution >= 4 is 31.2 Å². The van der Waals surface area contributed by atoms with Crippen LogP contribution >= 0.6 is 7.60 Å². The molecule has 39 heavy (non-hydrogen) atoms. The lowest BCUT2D eigenvalue weighted by molar-refractivity contribution is -0.134. The van der Waals surface area contributed by atoms with E-state index in [-0.39, 0.29) is 38.5 Å². The number of piperazine rings is 1. The van der Waals surface area contributed by atoms with Crippen LogP contribution in [-0.4, -0.2) is 108 Å². The number of aromatic nitrogens is 1. The van der Waals surface area contributed by atoms with E-state index in [4.69, 9.17) is 9.26 Å². The molecule has 1 fully saturated rings. The minimum absolute atomic E-state index is 0.00560. The second-order valence-corrected chi connectivity index (χ2v) is 10.7. The van der Waals surface area contributed by atoms with E-state index in [2.05, 4.69) is 15.6 Å². The largest absolute Gasteiger partial charge is 0.465 e. The second kappa shape index (κ2) is 14.0. The molecule has 0 saturated carbocycles. The van der Waals surface area contributed by atoms with Crippen molar-refractivity contribution in [3.63, 3.8) is 0 Å². The average molecular weight is 564 g/mol. The average Bonchev–Trinajstić information content (AvgIpc) is 2.92. The van der Waals surface area contributed by atoms with Crippen molar-refractivity contribution in [2.75, 3.05) is 64.5 Å². The number of pyridine rings is 1. The molecule has 0 spiro atoms. The highest BCUT2D eigenvalue weighted by Gasteiger charge is 2.35. The predicted molar refractivity (Wildman–Crippen MR) is 144 cm³/mol. The molecule has 3 rings (SSSR count). The summed E-state index contributed by atoms with van der Waals surface area (Å²) in [6.07, 6.45) is -1.75. The molecular weight excluding hydrogens is 529 g/mol. The van der Waals surface area contributed by atoms with Crippen LogP contribution in [0.3, 0.4) is 0 Å². The Morgan fingerprint density at radius 3 is 2.38 bits per heavy atom. The van der Waals surface area contributed by atoms with Gasteiger partial charge in [0.15, 0.2) is 0 Å². The number of nitrogens with zero attached hydrogens (tertiary/aromatic N) is 3. The van der Waals surface area contributed by atoms with Crippen LogP contribution in [0.4, 0.5) is 10.5 Å². The molecule has 14 heteroatoms. The van der Waals surface area contributed by atoms with Crippen LogP contribution < -0.4 is 10.6 Å². The summed E-state index contributed by atoms with van der Waals surface area (Å²) < 4.78 is 22.6. The Labute approximate surface area is 226 Å². The molecule has 0 bridgehead atoms. The van der Waals surface area contributed by atoms with Gasteiger partial charge in [0, 0.05) is 51.1 Å². The molecule has 1 aromatic carbocycles. The first-order valence-electron chi connectivity index (χ1n) is 12.5. The predicted octanol–water partition coefficient (Wildman–Crippen LogP) is 1.95. The smallest absolute Gasteiger partial charge is 0.407 e. The zero-order chi connectivity index (χ0) is 28.4. The second-order valence-electron chi connectivity index (χ2n) is 8.77. The quantitative estimate of drug-likeness (QED) is 0.221. The molecule has 2 aromatic rings. The van der Waals surface area contributed by atoms with Crippen molar-refractivity contribution in [2.45, 2.75) is 13.0 Å². The van der Waals surface area contributed by atoms with E-state index in [1.807, 2.05) is 30.3 Å². The third-order valence-corrected chi connectivity index (χ3v) is 7.46. The fraction of sp³-hybridized carbons (Fsp3) is 0.440. The summed E-state index contributed by atoms with van der Waals surface area (Å²) in [6, 6.07) is 11.1. The molecule has 13 nitrogen and oxygen atoms in total. The minimum Gasteiger partial charge on any atom is -0.465 e. The van der Waals surface area contributed by atoms with Crippen LogP contribution in [0.15, 0.2) is 42.5 Å². The van der Waals surface area contributed by atoms with Crippen molar-refractivity contribution in [3.8, 4) is 11.3 Å². The Balaban J connectivity index is 1.87. The van der Waals surface area contributed by atoms with E-state index >= 15 is 0 Å². The summed E-state index contributed by atoms with van der Waals surface area (Å²) in [6.45, 7) is 2.72. The number of amides is 3. The van der Waals surface area contributed by atoms with Gasteiger partial charge in [-0.25, -0.2) is 9.78 Å². The molecular formula is C25H34N5O8P. The van der Waals surface area contributed by atoms with Gasteiger partial charge in [0.05, 0.1) is 25.1 Å². The van der Waals surface area contributed by atoms with Gasteiger partial charge < -0.3 is 39.7 Å². The van der Waals surface area contributed by atoms with Gasteiger partial charge in [0.2, 0.25) is 5.91 Å². The lowest BCUT2D eigenvalue weighted by Gasteiger charge is -2.35. The lowest BCUT2D eigenvalue weighted by Crippen LogP contribution is -2.56. The molecule has 1 aliphatic heterocycles. The topological polar surface area (TPSA) is 171 Å². The van der Waals surface area contributed by atoms with E-state index in [9.17, 15) is 28.9 Å². The van der Waals surface area contributed by atoms with Crippen LogP contribution in [-0.2, 0) is 18.6 Å². The fourth-order valence-corrected chi connectivity index (χ4v) is 5.26. The summed E-state index contributed by atoms with van der Waals surface area (Å²) in [4.78, 5) is 55.3. The van der Waals surface area contributed by atoms with Crippen LogP contribution in [0, 0.1) is 0 Å². The Hall–Kier alpha value is -3.51. The first-order chi connectivity index (χ1) is 18.6. The summed E-state index contributed by atoms with van der Waals surface area (Å²) in [5.74, 6) is -1.33. The number of methoxy groups -OCH3 is 1. The standard InChI is InChI=1S/C25H34N5O8P/c1-3-38-39(35,36)17-22(24(32)29-10-12-30(13-11-29)25(33)34)28-23(31)21-16-19(26-9-14-37-2)15-20(27-21)18-7-5-4-6-8-18/h4-8,15-16,22H,3,9-14,17H2,1-2H3,(H,26,27)(H,28,31)(H,33,34)(H,35,36)/t22-/m0/s1. The number of nitrogens with one attached hydrogen (secondary N) is 2. The van der Waals surface area contributed by atoms with Gasteiger partial charge in [-0.15, -0.1) is 0 Å². The summed E-state index contributed by atoms with van der Waals surface area (Å²) in [5.41, 5.74) is 1.87. The monoisotopic (exact) mass is 563 g/mol. The molecule has 4 N–H and O–H groups in total. The summed E-state index contributed by atoms with van der Waals surface area (Å²) in [5, 5.41) is 14.9. The maximum Gasteiger partial charge on any atom is 0.407 e. The number of benzene rings is 1. The molecule has 0 radical (unpaired) electrons. The highest BCUT2D eigenvalue weighted by atomic mass is 31.2. The molecule has 1 unspecified atom stereocenters. The van der Waals surface area contributed by atoms with Gasteiger partial charge in [-0.3, -0.25) is 14.2 Å². The van der Waals surface area contributed by atoms with Crippen molar-refractivity contribution in [2.24, 2.45) is 0 Å². The van der Waals surface area contributed by atoms with E-state index in [0.717, 1.165) is 5.56 Å². The van der Waals surface area contributed by atoms with Crippen LogP contribution in [0.2, 0.25) is 0 Å². The Kier molecular flexibility index (Phi) is 10.8. The number of hydrogen-bond acceptors (Lipinski definition) is 8. The Morgan fingerprint density at radius 2 is 1.77 bits per heavy atom. The minimum atomic E-state index is -4.23. The molecule has 2 heterocycles. The first kappa shape index (κ1) is 30.0. The van der Waals surface area contributed by atoms with Gasteiger partial charge in [0.1, 0.15) is 11.7 Å². The van der Waals surface area contributed by atoms with Crippen molar-refractivity contribution in [1.82, 2.24) is 20.1 Å². The third-order valence-electron chi connectivity index (χ3n) is 5.97. The van der Waals surface area contributed by atoms with Crippen molar-refractivity contribution < 1.29 is 38.2 Å². The molecule has 1 saturated heterocycles. The van der Waals surface area contributed by atoms with Gasteiger partial charge in [-0.05, 0) is 19.1 Å². The molecule has 3 amide bonds. The van der Waals surface area contributed by atoms with Gasteiger partial charge in [-0.1, -0.05) is 30.3 Å². The van der Waals surface area contributed by atoms with Crippen molar-refractivity contribution in [1.29, 1.82) is 0 Å². The highest BCUT2D eigenvalue weighted by molar-refractivity contribution is 7.52. The first-order valence-corrected chi connectivity index (χ1v) is 14.2. The fourth-order valence-electron chi connectivity index (χ4n) is 4.04. The van der Waals surface area contributed by atoms with Crippen LogP contribution in [0.25, 0.3) is 11.3 Å². The van der Waals surface area contributed by atoms with Crippen LogP contribution in [0.1, 0.15) is 17.4 Å². The summed E-state index contributed by atoms with van der Waals surface area (Å²) in [7, 11) is -2.66. The molecule has 2 atom stereocenters. The number of carbonyl (C=O) groups excluding carboxylic acids is 2. The summed E-state index contributed by atoms with van der Waals surface area (Å²) >= 11 is 0. The molecule has 0 aliphatic carbocycles. The van der Waals surface area contributed by atoms with E-state index < -0.39 is 37.7 Å². The third kappa shape index (κ3) is 8.75. The van der Waals surface area contributed by atoms with E-state index in [1.54, 1.807) is 20.1 Å². The molecule has 1 aliphatic rings. The number of hydrogen-bond donors (Lipinski definition) is 4. The number of ether oxygens (including phenoxy) is 1. The highest BCUT2D eigenvalue weighted by Crippen LogP contribution is 2.42. The molecule has 212 valence electrons. The number of rotatable bonds is 12. The zero-order valence-electron chi connectivity index (χ0n) is 21.9. The van der Waals surface area contributed by atoms with E-state index in [0.29, 0.717) is 24.5 Å². The van der Waals surface area contributed by atoms with Crippen molar-refractivity contribution in [3.05, 3.63) is 48.2 Å². The van der Waals surface area contributed by atoms with Gasteiger partial charge >= 0.3 is 13.7 Å². The SMILES string of the molecule is CCOP(=O)(O)C[C@H](NC(=O)c1cc(NCCOC)cc(-c2ccccc2)n1)C(=O)N1CCN(C(=O)O)CC1. The van der Waals surface area contributed by atoms with Crippen LogP contribution in [0.5, 0.6) is 0 Å². The van der Waals surface area contributed by atoms with E-state index in [1.165, 1.54) is 15.9 Å². The number of carboxylic acid groups (broad SMARTS) is 1. The maximum atomic E-state index is 13.4. The zero-order valence-corrected chi connectivity index (χ0v) is 22.8. The molecule has 1 aromatic heterocycles. The normalized spacial score (nSPS) is 15.8. The van der Waals surface area contributed by atoms with Gasteiger partial charge in [-0.2, -0.15) is 0 Å².